The van der Waals surface area contributed by atoms with E-state index in [0.717, 1.165) is 5.56 Å². The summed E-state index contributed by atoms with van der Waals surface area (Å²) < 4.78 is 5.09. The van der Waals surface area contributed by atoms with Crippen molar-refractivity contribution in [1.82, 2.24) is 5.32 Å². The summed E-state index contributed by atoms with van der Waals surface area (Å²) in [7, 11) is 0. The fourth-order valence-corrected chi connectivity index (χ4v) is 1.47. The van der Waals surface area contributed by atoms with Crippen molar-refractivity contribution in [2.45, 2.75) is 38.9 Å². The minimum atomic E-state index is -0.568. The Bertz CT molecular complexity index is 370. The van der Waals surface area contributed by atoms with E-state index in [9.17, 15) is 9.90 Å². The molecule has 0 bridgehead atoms. The lowest BCUT2D eigenvalue weighted by Gasteiger charge is -2.20. The molecule has 1 atom stereocenters. The summed E-state index contributed by atoms with van der Waals surface area (Å²) in [6.07, 6.45) is -0.563. The third-order valence-corrected chi connectivity index (χ3v) is 2.27. The highest BCUT2D eigenvalue weighted by molar-refractivity contribution is 5.67. The lowest BCUT2D eigenvalue weighted by molar-refractivity contribution is 0.0518. The highest BCUT2D eigenvalue weighted by Gasteiger charge is 2.16. The van der Waals surface area contributed by atoms with E-state index in [-0.39, 0.29) is 0 Å². The standard InChI is InChI=1S/C14H21NO3/c1-14(2,3)18-13(17)15-10-9-12(16)11-7-5-4-6-8-11/h4-8,12,16H,9-10H2,1-3H3,(H,15,17)/t12-/m1/s1. The maximum atomic E-state index is 11.4. The molecule has 1 aromatic rings. The Hall–Kier alpha value is -1.55. The Morgan fingerprint density at radius 1 is 1.33 bits per heavy atom. The lowest BCUT2D eigenvalue weighted by atomic mass is 10.1. The van der Waals surface area contributed by atoms with Crippen LogP contribution in [0.2, 0.25) is 0 Å². The molecule has 0 unspecified atom stereocenters. The molecule has 0 heterocycles. The van der Waals surface area contributed by atoms with Gasteiger partial charge in [-0.1, -0.05) is 30.3 Å². The number of hydrogen-bond acceptors (Lipinski definition) is 3. The van der Waals surface area contributed by atoms with Crippen molar-refractivity contribution >= 4 is 6.09 Å². The van der Waals surface area contributed by atoms with Gasteiger partial charge in [-0.05, 0) is 32.8 Å². The van der Waals surface area contributed by atoms with Gasteiger partial charge in [0.1, 0.15) is 5.60 Å². The monoisotopic (exact) mass is 251 g/mol. The molecule has 4 nitrogen and oxygen atoms in total. The molecule has 0 aromatic heterocycles. The Kier molecular flexibility index (Phi) is 5.16. The number of benzene rings is 1. The zero-order valence-electron chi connectivity index (χ0n) is 11.1. The normalized spacial score (nSPS) is 12.9. The molecule has 0 saturated heterocycles. The first-order valence-electron chi connectivity index (χ1n) is 6.08. The van der Waals surface area contributed by atoms with E-state index in [4.69, 9.17) is 4.74 Å². The SMILES string of the molecule is CC(C)(C)OC(=O)NCC[C@@H](O)c1ccccc1. The van der Waals surface area contributed by atoms with Gasteiger partial charge in [-0.15, -0.1) is 0 Å². The van der Waals surface area contributed by atoms with Crippen LogP contribution in [0, 0.1) is 0 Å². The van der Waals surface area contributed by atoms with Crippen LogP contribution in [0.5, 0.6) is 0 Å². The summed E-state index contributed by atoms with van der Waals surface area (Å²) in [4.78, 5) is 11.4. The molecule has 4 heteroatoms. The van der Waals surface area contributed by atoms with Crippen molar-refractivity contribution in [3.8, 4) is 0 Å². The number of hydrogen-bond donors (Lipinski definition) is 2. The van der Waals surface area contributed by atoms with E-state index in [1.165, 1.54) is 0 Å². The minimum absolute atomic E-state index is 0.380. The average Bonchev–Trinajstić information content (AvgIpc) is 2.27. The Morgan fingerprint density at radius 2 is 1.94 bits per heavy atom. The highest BCUT2D eigenvalue weighted by atomic mass is 16.6. The third kappa shape index (κ3) is 5.68. The Balaban J connectivity index is 2.28. The van der Waals surface area contributed by atoms with Gasteiger partial charge in [-0.3, -0.25) is 0 Å². The van der Waals surface area contributed by atoms with Crippen molar-refractivity contribution in [3.63, 3.8) is 0 Å². The maximum Gasteiger partial charge on any atom is 0.407 e. The molecular formula is C14H21NO3. The first-order chi connectivity index (χ1) is 8.38. The third-order valence-electron chi connectivity index (χ3n) is 2.27. The maximum absolute atomic E-state index is 11.4. The molecule has 0 aliphatic carbocycles. The van der Waals surface area contributed by atoms with Gasteiger partial charge >= 0.3 is 6.09 Å². The first-order valence-corrected chi connectivity index (χ1v) is 6.08. The van der Waals surface area contributed by atoms with Crippen molar-refractivity contribution in [2.75, 3.05) is 6.54 Å². The van der Waals surface area contributed by atoms with Crippen molar-refractivity contribution < 1.29 is 14.6 Å². The second-order valence-corrected chi connectivity index (χ2v) is 5.14. The molecular weight excluding hydrogens is 230 g/mol. The molecule has 0 fully saturated rings. The number of alkyl carbamates (subject to hydrolysis) is 1. The number of carbonyl (C=O) groups excluding carboxylic acids is 1. The first kappa shape index (κ1) is 14.5. The lowest BCUT2D eigenvalue weighted by Crippen LogP contribution is -2.33. The molecule has 0 radical (unpaired) electrons. The van der Waals surface area contributed by atoms with E-state index in [2.05, 4.69) is 5.32 Å². The van der Waals surface area contributed by atoms with Crippen molar-refractivity contribution in [2.24, 2.45) is 0 Å². The number of aliphatic hydroxyl groups is 1. The van der Waals surface area contributed by atoms with Gasteiger partial charge in [0.2, 0.25) is 0 Å². The Morgan fingerprint density at radius 3 is 2.50 bits per heavy atom. The van der Waals surface area contributed by atoms with E-state index in [1.54, 1.807) is 0 Å². The van der Waals surface area contributed by atoms with Gasteiger partial charge in [-0.2, -0.15) is 0 Å². The van der Waals surface area contributed by atoms with Gasteiger partial charge < -0.3 is 15.2 Å². The smallest absolute Gasteiger partial charge is 0.407 e. The molecule has 18 heavy (non-hydrogen) atoms. The summed E-state index contributed by atoms with van der Waals surface area (Å²) >= 11 is 0. The van der Waals surface area contributed by atoms with Crippen LogP contribution in [0.3, 0.4) is 0 Å². The molecule has 0 aliphatic rings. The molecule has 1 amide bonds. The van der Waals surface area contributed by atoms with Crippen LogP contribution in [0.1, 0.15) is 38.9 Å². The molecule has 100 valence electrons. The zero-order valence-corrected chi connectivity index (χ0v) is 11.1. The number of aliphatic hydroxyl groups excluding tert-OH is 1. The largest absolute Gasteiger partial charge is 0.444 e. The highest BCUT2D eigenvalue weighted by Crippen LogP contribution is 2.15. The molecule has 0 aliphatic heterocycles. The second kappa shape index (κ2) is 6.40. The van der Waals surface area contributed by atoms with Crippen LogP contribution in [-0.4, -0.2) is 23.3 Å². The topological polar surface area (TPSA) is 58.6 Å². The van der Waals surface area contributed by atoms with Crippen LogP contribution >= 0.6 is 0 Å². The fourth-order valence-electron chi connectivity index (χ4n) is 1.47. The summed E-state index contributed by atoms with van der Waals surface area (Å²) in [6.45, 7) is 5.81. The molecule has 0 saturated carbocycles. The summed E-state index contributed by atoms with van der Waals surface area (Å²) in [5.41, 5.74) is 0.353. The second-order valence-electron chi connectivity index (χ2n) is 5.14. The quantitative estimate of drug-likeness (QED) is 0.864. The number of rotatable bonds is 4. The molecule has 0 spiro atoms. The average molecular weight is 251 g/mol. The predicted octanol–water partition coefficient (Wildman–Crippen LogP) is 2.63. The summed E-state index contributed by atoms with van der Waals surface area (Å²) in [6, 6.07) is 9.37. The van der Waals surface area contributed by atoms with Crippen molar-refractivity contribution in [3.05, 3.63) is 35.9 Å². The van der Waals surface area contributed by atoms with Gasteiger partial charge in [0.25, 0.3) is 0 Å². The van der Waals surface area contributed by atoms with Crippen molar-refractivity contribution in [1.29, 1.82) is 0 Å². The molecule has 1 aromatic carbocycles. The van der Waals surface area contributed by atoms with Crippen LogP contribution in [0.4, 0.5) is 4.79 Å². The summed E-state index contributed by atoms with van der Waals surface area (Å²) in [5, 5.41) is 12.5. The fraction of sp³-hybridized carbons (Fsp3) is 0.500. The van der Waals surface area contributed by atoms with Gasteiger partial charge in [0, 0.05) is 6.54 Å². The number of amides is 1. The van der Waals surface area contributed by atoms with Crippen LogP contribution in [0.25, 0.3) is 0 Å². The summed E-state index contributed by atoms with van der Waals surface area (Å²) in [5.74, 6) is 0. The predicted molar refractivity (Wildman–Crippen MR) is 70.3 cm³/mol. The number of nitrogens with one attached hydrogen (secondary N) is 1. The van der Waals surface area contributed by atoms with Gasteiger partial charge in [0.05, 0.1) is 6.10 Å². The molecule has 2 N–H and O–H groups in total. The van der Waals surface area contributed by atoms with Crippen LogP contribution in [0.15, 0.2) is 30.3 Å². The minimum Gasteiger partial charge on any atom is -0.444 e. The van der Waals surface area contributed by atoms with Crippen LogP contribution in [-0.2, 0) is 4.74 Å². The molecule has 1 rings (SSSR count). The van der Waals surface area contributed by atoms with E-state index >= 15 is 0 Å². The van der Waals surface area contributed by atoms with Crippen LogP contribution < -0.4 is 5.32 Å². The van der Waals surface area contributed by atoms with Gasteiger partial charge in [0.15, 0.2) is 0 Å². The van der Waals surface area contributed by atoms with E-state index in [1.807, 2.05) is 51.1 Å². The number of ether oxygens (including phenoxy) is 1. The number of carbonyl (C=O) groups is 1. The van der Waals surface area contributed by atoms with Gasteiger partial charge in [-0.25, -0.2) is 4.79 Å². The van der Waals surface area contributed by atoms with E-state index in [0.29, 0.717) is 13.0 Å². The van der Waals surface area contributed by atoms with E-state index < -0.39 is 17.8 Å². The zero-order chi connectivity index (χ0) is 13.6. The Labute approximate surface area is 108 Å².